The highest BCUT2D eigenvalue weighted by Crippen LogP contribution is 2.31. The molecule has 0 atom stereocenters. The first kappa shape index (κ1) is 21.5. The second-order valence-corrected chi connectivity index (χ2v) is 8.31. The first-order valence-electron chi connectivity index (χ1n) is 10.9. The molecule has 3 aromatic rings. The molecule has 0 saturated carbocycles. The Hall–Kier alpha value is -2.70. The van der Waals surface area contributed by atoms with Crippen LogP contribution in [0.15, 0.2) is 41.1 Å². The molecule has 3 heterocycles. The van der Waals surface area contributed by atoms with Crippen LogP contribution in [0.25, 0.3) is 11.5 Å². The maximum Gasteiger partial charge on any atom is 0.226 e. The van der Waals surface area contributed by atoms with Crippen LogP contribution in [-0.4, -0.2) is 41.2 Å². The van der Waals surface area contributed by atoms with Crippen LogP contribution in [0.1, 0.15) is 41.0 Å². The van der Waals surface area contributed by atoms with Crippen molar-refractivity contribution in [2.75, 3.05) is 20.2 Å². The Morgan fingerprint density at radius 1 is 1.13 bits per heavy atom. The van der Waals surface area contributed by atoms with E-state index >= 15 is 0 Å². The largest absolute Gasteiger partial charge is 0.496 e. The van der Waals surface area contributed by atoms with Crippen LogP contribution in [0.5, 0.6) is 5.75 Å². The van der Waals surface area contributed by atoms with Gasteiger partial charge in [-0.05, 0) is 68.5 Å². The average molecular weight is 422 g/mol. The van der Waals surface area contributed by atoms with Crippen molar-refractivity contribution in [3.05, 3.63) is 64.8 Å². The van der Waals surface area contributed by atoms with Gasteiger partial charge in [-0.2, -0.15) is 0 Å². The van der Waals surface area contributed by atoms with Gasteiger partial charge in [0.2, 0.25) is 5.89 Å². The molecule has 0 radical (unpaired) electrons. The topological polar surface area (TPSA) is 60.6 Å². The molecule has 6 heteroatoms. The Bertz CT molecular complexity index is 1010. The number of nitrogens with zero attached hydrogens (tertiary/aromatic N) is 3. The van der Waals surface area contributed by atoms with Gasteiger partial charge < -0.3 is 13.9 Å². The van der Waals surface area contributed by atoms with E-state index in [1.807, 2.05) is 32.2 Å². The summed E-state index contributed by atoms with van der Waals surface area (Å²) < 4.78 is 17.6. The third kappa shape index (κ3) is 5.14. The molecule has 0 aliphatic carbocycles. The van der Waals surface area contributed by atoms with Gasteiger partial charge in [0.15, 0.2) is 0 Å². The Morgan fingerprint density at radius 2 is 1.94 bits per heavy atom. The predicted molar refractivity (Wildman–Crippen MR) is 120 cm³/mol. The normalized spacial score (nSPS) is 15.4. The van der Waals surface area contributed by atoms with Crippen molar-refractivity contribution in [1.82, 2.24) is 14.9 Å². The van der Waals surface area contributed by atoms with Gasteiger partial charge in [-0.15, -0.1) is 0 Å². The van der Waals surface area contributed by atoms with E-state index in [4.69, 9.17) is 18.9 Å². The van der Waals surface area contributed by atoms with E-state index in [-0.39, 0.29) is 0 Å². The van der Waals surface area contributed by atoms with Crippen molar-refractivity contribution >= 4 is 0 Å². The van der Waals surface area contributed by atoms with Crippen LogP contribution in [0.2, 0.25) is 0 Å². The van der Waals surface area contributed by atoms with Crippen LogP contribution < -0.4 is 4.74 Å². The third-order valence-corrected chi connectivity index (χ3v) is 5.98. The van der Waals surface area contributed by atoms with Gasteiger partial charge in [-0.3, -0.25) is 9.88 Å². The van der Waals surface area contributed by atoms with E-state index in [9.17, 15) is 0 Å². The molecule has 0 bridgehead atoms. The number of ether oxygens (including phenoxy) is 2. The third-order valence-electron chi connectivity index (χ3n) is 5.98. The number of aromatic nitrogens is 2. The zero-order valence-corrected chi connectivity index (χ0v) is 18.9. The van der Waals surface area contributed by atoms with E-state index in [1.165, 1.54) is 0 Å². The number of hydrogen-bond donors (Lipinski definition) is 0. The molecule has 0 amide bonds. The summed E-state index contributed by atoms with van der Waals surface area (Å²) in [6.45, 7) is 9.54. The zero-order valence-electron chi connectivity index (χ0n) is 18.9. The minimum atomic E-state index is 0.301. The lowest BCUT2D eigenvalue weighted by atomic mass is 10.0. The molecule has 0 N–H and O–H groups in total. The molecule has 1 aliphatic rings. The highest BCUT2D eigenvalue weighted by atomic mass is 16.5. The van der Waals surface area contributed by atoms with E-state index in [0.29, 0.717) is 18.6 Å². The monoisotopic (exact) mass is 421 g/mol. The van der Waals surface area contributed by atoms with Gasteiger partial charge in [-0.1, -0.05) is 6.07 Å². The number of pyridine rings is 1. The molecule has 2 aromatic heterocycles. The zero-order chi connectivity index (χ0) is 21.8. The minimum Gasteiger partial charge on any atom is -0.496 e. The second-order valence-electron chi connectivity index (χ2n) is 8.31. The number of methoxy groups -OCH3 is 1. The highest BCUT2D eigenvalue weighted by molar-refractivity contribution is 5.62. The van der Waals surface area contributed by atoms with Crippen LogP contribution in [0.3, 0.4) is 0 Å². The highest BCUT2D eigenvalue weighted by Gasteiger charge is 2.22. The Morgan fingerprint density at radius 3 is 2.65 bits per heavy atom. The van der Waals surface area contributed by atoms with Gasteiger partial charge in [0, 0.05) is 37.6 Å². The van der Waals surface area contributed by atoms with Crippen molar-refractivity contribution in [2.24, 2.45) is 0 Å². The molecule has 0 spiro atoms. The fourth-order valence-corrected chi connectivity index (χ4v) is 4.07. The lowest BCUT2D eigenvalue weighted by Gasteiger charge is -2.31. The summed E-state index contributed by atoms with van der Waals surface area (Å²) in [5.74, 6) is 2.46. The fourth-order valence-electron chi connectivity index (χ4n) is 4.07. The SMILES string of the molecule is COc1cc(C)c(-c2nc(CN3CCC(OCc4cccnc4)CC3)c(C)o2)cc1C. The summed E-state index contributed by atoms with van der Waals surface area (Å²) in [4.78, 5) is 11.4. The van der Waals surface area contributed by atoms with Gasteiger partial charge in [0.25, 0.3) is 0 Å². The lowest BCUT2D eigenvalue weighted by Crippen LogP contribution is -2.36. The van der Waals surface area contributed by atoms with Gasteiger partial charge >= 0.3 is 0 Å². The van der Waals surface area contributed by atoms with Crippen LogP contribution in [-0.2, 0) is 17.9 Å². The van der Waals surface area contributed by atoms with Crippen molar-refractivity contribution in [3.8, 4) is 17.2 Å². The summed E-state index contributed by atoms with van der Waals surface area (Å²) in [5, 5.41) is 0. The first-order valence-corrected chi connectivity index (χ1v) is 10.9. The van der Waals surface area contributed by atoms with Crippen molar-refractivity contribution in [1.29, 1.82) is 0 Å². The second kappa shape index (κ2) is 9.62. The number of rotatable bonds is 7. The van der Waals surface area contributed by atoms with E-state index in [0.717, 1.165) is 71.9 Å². The predicted octanol–water partition coefficient (Wildman–Crippen LogP) is 4.85. The average Bonchev–Trinajstić information content (AvgIpc) is 3.15. The molecule has 1 fully saturated rings. The number of oxazole rings is 1. The van der Waals surface area contributed by atoms with Crippen molar-refractivity contribution in [2.45, 2.75) is 52.9 Å². The minimum absolute atomic E-state index is 0.301. The summed E-state index contributed by atoms with van der Waals surface area (Å²) >= 11 is 0. The molecular formula is C25H31N3O3. The molecule has 4 rings (SSSR count). The molecule has 31 heavy (non-hydrogen) atoms. The van der Waals surface area contributed by atoms with Gasteiger partial charge in [0.05, 0.1) is 25.5 Å². The summed E-state index contributed by atoms with van der Waals surface area (Å²) in [6.07, 6.45) is 6.01. The number of piperidine rings is 1. The molecule has 164 valence electrons. The Kier molecular flexibility index (Phi) is 6.68. The van der Waals surface area contributed by atoms with Crippen LogP contribution in [0, 0.1) is 20.8 Å². The van der Waals surface area contributed by atoms with Gasteiger partial charge in [0.1, 0.15) is 11.5 Å². The maximum atomic E-state index is 6.09. The standard InChI is InChI=1S/C25H31N3O3/c1-17-13-24(29-4)18(2)12-22(17)25-27-23(19(3)31-25)15-28-10-7-21(8-11-28)30-16-20-6-5-9-26-14-20/h5-6,9,12-14,21H,7-8,10-11,15-16H2,1-4H3. The van der Waals surface area contributed by atoms with Crippen molar-refractivity contribution < 1.29 is 13.9 Å². The first-order chi connectivity index (χ1) is 15.0. The number of hydrogen-bond acceptors (Lipinski definition) is 6. The van der Waals surface area contributed by atoms with Crippen LogP contribution >= 0.6 is 0 Å². The summed E-state index contributed by atoms with van der Waals surface area (Å²) in [6, 6.07) is 8.14. The van der Waals surface area contributed by atoms with E-state index in [1.54, 1.807) is 13.3 Å². The quantitative estimate of drug-likeness (QED) is 0.543. The number of aryl methyl sites for hydroxylation is 3. The van der Waals surface area contributed by atoms with Crippen LogP contribution in [0.4, 0.5) is 0 Å². The van der Waals surface area contributed by atoms with Crippen molar-refractivity contribution in [3.63, 3.8) is 0 Å². The lowest BCUT2D eigenvalue weighted by molar-refractivity contribution is -0.00427. The number of benzene rings is 1. The summed E-state index contributed by atoms with van der Waals surface area (Å²) in [5.41, 5.74) is 5.34. The molecule has 1 aromatic carbocycles. The molecule has 0 unspecified atom stereocenters. The molecule has 1 saturated heterocycles. The molecular weight excluding hydrogens is 390 g/mol. The van der Waals surface area contributed by atoms with E-state index in [2.05, 4.69) is 28.9 Å². The fraction of sp³-hybridized carbons (Fsp3) is 0.440. The molecule has 6 nitrogen and oxygen atoms in total. The maximum absolute atomic E-state index is 6.09. The Balaban J connectivity index is 1.35. The van der Waals surface area contributed by atoms with E-state index < -0.39 is 0 Å². The Labute approximate surface area is 184 Å². The molecule has 1 aliphatic heterocycles. The summed E-state index contributed by atoms with van der Waals surface area (Å²) in [7, 11) is 1.70. The van der Waals surface area contributed by atoms with Gasteiger partial charge in [-0.25, -0.2) is 4.98 Å². The number of likely N-dealkylation sites (tertiary alicyclic amines) is 1. The smallest absolute Gasteiger partial charge is 0.226 e.